The van der Waals surface area contributed by atoms with Crippen molar-refractivity contribution in [2.24, 2.45) is 5.73 Å². The summed E-state index contributed by atoms with van der Waals surface area (Å²) in [7, 11) is -4.39. The van der Waals surface area contributed by atoms with Gasteiger partial charge in [-0.05, 0) is 51.4 Å². The maximum absolute atomic E-state index is 12.8. The lowest BCUT2D eigenvalue weighted by molar-refractivity contribution is -0.161. The Morgan fingerprint density at radius 3 is 0.953 bits per heavy atom. The standard InChI is InChI=1S/C76H144NO8P/c1-3-5-7-9-11-13-15-17-19-21-23-25-27-29-31-32-33-34-35-36-37-38-39-40-41-42-43-45-47-49-51-53-55-57-59-61-63-65-67-69-76(79)85-74(73-84-86(80,81)83-71-70-77)72-82-75(78)68-66-64-62-60-58-56-54-52-50-48-46-44-30-28-26-24-22-20-18-16-14-12-10-8-6-4-2/h5,7,11,13,17,19,23,25,74H,3-4,6,8-10,12,14-16,18,20-22,24,26-73,77H2,1-2H3,(H,80,81)/b7-5-,13-11-,19-17-,25-23-. The molecule has 0 aliphatic rings. The fourth-order valence-electron chi connectivity index (χ4n) is 11.5. The van der Waals surface area contributed by atoms with Gasteiger partial charge >= 0.3 is 19.8 Å². The number of esters is 2. The first-order valence-electron chi connectivity index (χ1n) is 37.6. The molecule has 0 rings (SSSR count). The molecule has 0 fully saturated rings. The smallest absolute Gasteiger partial charge is 0.462 e. The highest BCUT2D eigenvalue weighted by atomic mass is 31.2. The molecule has 0 saturated carbocycles. The molecule has 0 spiro atoms. The molecular weight excluding hydrogens is 1090 g/mol. The van der Waals surface area contributed by atoms with Gasteiger partial charge in [0.15, 0.2) is 6.10 Å². The molecule has 86 heavy (non-hydrogen) atoms. The number of rotatable bonds is 72. The molecule has 0 saturated heterocycles. The summed E-state index contributed by atoms with van der Waals surface area (Å²) in [6, 6.07) is 0. The topological polar surface area (TPSA) is 134 Å². The van der Waals surface area contributed by atoms with Crippen LogP contribution in [0.2, 0.25) is 0 Å². The summed E-state index contributed by atoms with van der Waals surface area (Å²) in [5, 5.41) is 0. The van der Waals surface area contributed by atoms with Gasteiger partial charge in [0.1, 0.15) is 6.61 Å². The lowest BCUT2D eigenvalue weighted by atomic mass is 10.0. The number of phosphoric ester groups is 1. The first kappa shape index (κ1) is 84.0. The van der Waals surface area contributed by atoms with Crippen LogP contribution in [0.4, 0.5) is 0 Å². The van der Waals surface area contributed by atoms with Crippen molar-refractivity contribution in [1.82, 2.24) is 0 Å². The maximum atomic E-state index is 12.8. The highest BCUT2D eigenvalue weighted by Crippen LogP contribution is 2.43. The van der Waals surface area contributed by atoms with E-state index in [1.807, 2.05) is 0 Å². The van der Waals surface area contributed by atoms with Crippen LogP contribution >= 0.6 is 7.82 Å². The van der Waals surface area contributed by atoms with E-state index in [0.717, 1.165) is 57.8 Å². The molecule has 0 aromatic rings. The zero-order chi connectivity index (χ0) is 62.3. The quantitative estimate of drug-likeness (QED) is 0.0264. The molecule has 10 heteroatoms. The molecule has 2 atom stereocenters. The summed E-state index contributed by atoms with van der Waals surface area (Å²) in [4.78, 5) is 35.4. The molecule has 3 N–H and O–H groups in total. The minimum absolute atomic E-state index is 0.0567. The SMILES string of the molecule is CC/C=C\C/C=C\C/C=C\C/C=C\CCCCCCCCCCCCCCCCCCCCCCCCCCCCC(=O)OC(COC(=O)CCCCCCCCCCCCCCCCCCCCCCCCCCCC)COP(=O)(O)OCCN. The third kappa shape index (κ3) is 71.1. The number of hydrogen-bond acceptors (Lipinski definition) is 8. The van der Waals surface area contributed by atoms with Crippen LogP contribution in [0.25, 0.3) is 0 Å². The normalized spacial score (nSPS) is 13.1. The van der Waals surface area contributed by atoms with Gasteiger partial charge in [0, 0.05) is 19.4 Å². The van der Waals surface area contributed by atoms with Gasteiger partial charge in [0.2, 0.25) is 0 Å². The fourth-order valence-corrected chi connectivity index (χ4v) is 12.2. The number of unbranched alkanes of at least 4 members (excludes halogenated alkanes) is 51. The third-order valence-corrected chi connectivity index (χ3v) is 18.0. The van der Waals surface area contributed by atoms with Crippen molar-refractivity contribution in [3.8, 4) is 0 Å². The lowest BCUT2D eigenvalue weighted by Crippen LogP contribution is -2.29. The minimum Gasteiger partial charge on any atom is -0.462 e. The minimum atomic E-state index is -4.39. The second kappa shape index (κ2) is 72.0. The fraction of sp³-hybridized carbons (Fsp3) is 0.868. The molecule has 2 unspecified atom stereocenters. The van der Waals surface area contributed by atoms with Gasteiger partial charge in [-0.2, -0.15) is 0 Å². The van der Waals surface area contributed by atoms with Crippen molar-refractivity contribution < 1.29 is 37.6 Å². The Morgan fingerprint density at radius 1 is 0.360 bits per heavy atom. The van der Waals surface area contributed by atoms with Crippen molar-refractivity contribution in [1.29, 1.82) is 0 Å². The molecule has 9 nitrogen and oxygen atoms in total. The first-order valence-corrected chi connectivity index (χ1v) is 39.1. The molecule has 0 aromatic carbocycles. The predicted molar refractivity (Wildman–Crippen MR) is 372 cm³/mol. The van der Waals surface area contributed by atoms with E-state index in [2.05, 4.69) is 62.5 Å². The highest BCUT2D eigenvalue weighted by molar-refractivity contribution is 7.47. The summed E-state index contributed by atoms with van der Waals surface area (Å²) in [6.07, 6.45) is 92.4. The number of allylic oxidation sites excluding steroid dienone is 8. The summed E-state index contributed by atoms with van der Waals surface area (Å²) in [5.41, 5.74) is 5.41. The van der Waals surface area contributed by atoms with Crippen molar-refractivity contribution in [3.63, 3.8) is 0 Å². The molecule has 0 bridgehead atoms. The second-order valence-electron chi connectivity index (χ2n) is 25.5. The van der Waals surface area contributed by atoms with E-state index in [0.29, 0.717) is 6.42 Å². The Bertz CT molecular complexity index is 1550. The van der Waals surface area contributed by atoms with Crippen LogP contribution in [0.15, 0.2) is 48.6 Å². The molecule has 506 valence electrons. The molecule has 0 aliphatic carbocycles. The third-order valence-electron chi connectivity index (χ3n) is 17.0. The van der Waals surface area contributed by atoms with Crippen LogP contribution in [-0.2, 0) is 32.7 Å². The van der Waals surface area contributed by atoms with E-state index in [-0.39, 0.29) is 38.6 Å². The number of phosphoric acid groups is 1. The number of carbonyl (C=O) groups is 2. The van der Waals surface area contributed by atoms with Crippen molar-refractivity contribution >= 4 is 19.8 Å². The number of hydrogen-bond donors (Lipinski definition) is 2. The Balaban J connectivity index is 3.75. The summed E-state index contributed by atoms with van der Waals surface area (Å²) in [6.45, 7) is 3.71. The Kier molecular flexibility index (Phi) is 70.3. The van der Waals surface area contributed by atoms with Crippen molar-refractivity contribution in [3.05, 3.63) is 48.6 Å². The Hall–Kier alpha value is -2.03. The van der Waals surface area contributed by atoms with Crippen LogP contribution in [0.5, 0.6) is 0 Å². The van der Waals surface area contributed by atoms with Crippen LogP contribution in [0, 0.1) is 0 Å². The monoisotopic (exact) mass is 1230 g/mol. The molecule has 0 aliphatic heterocycles. The molecule has 0 heterocycles. The van der Waals surface area contributed by atoms with E-state index in [4.69, 9.17) is 24.3 Å². The Labute approximate surface area is 534 Å². The van der Waals surface area contributed by atoms with E-state index in [1.165, 1.54) is 302 Å². The highest BCUT2D eigenvalue weighted by Gasteiger charge is 2.26. The van der Waals surface area contributed by atoms with Crippen LogP contribution in [0.1, 0.15) is 393 Å². The van der Waals surface area contributed by atoms with Gasteiger partial charge in [-0.25, -0.2) is 4.57 Å². The average molecular weight is 1230 g/mol. The van der Waals surface area contributed by atoms with Crippen LogP contribution < -0.4 is 5.73 Å². The van der Waals surface area contributed by atoms with Gasteiger partial charge in [-0.15, -0.1) is 0 Å². The van der Waals surface area contributed by atoms with Crippen molar-refractivity contribution in [2.45, 2.75) is 399 Å². The number of nitrogens with two attached hydrogens (primary N) is 1. The molecule has 0 amide bonds. The lowest BCUT2D eigenvalue weighted by Gasteiger charge is -2.19. The van der Waals surface area contributed by atoms with E-state index >= 15 is 0 Å². The first-order chi connectivity index (χ1) is 42.3. The molecular formula is C76H144NO8P. The maximum Gasteiger partial charge on any atom is 0.472 e. The van der Waals surface area contributed by atoms with Gasteiger partial charge < -0.3 is 20.1 Å². The summed E-state index contributed by atoms with van der Waals surface area (Å²) >= 11 is 0. The van der Waals surface area contributed by atoms with E-state index < -0.39 is 26.5 Å². The summed E-state index contributed by atoms with van der Waals surface area (Å²) in [5.74, 6) is -0.801. The Morgan fingerprint density at radius 2 is 0.640 bits per heavy atom. The predicted octanol–water partition coefficient (Wildman–Crippen LogP) is 24.8. The molecule has 0 radical (unpaired) electrons. The largest absolute Gasteiger partial charge is 0.472 e. The van der Waals surface area contributed by atoms with Gasteiger partial charge in [0.05, 0.1) is 13.2 Å². The van der Waals surface area contributed by atoms with Crippen LogP contribution in [0.3, 0.4) is 0 Å². The number of carbonyl (C=O) groups excluding carboxylic acids is 2. The van der Waals surface area contributed by atoms with Gasteiger partial charge in [0.25, 0.3) is 0 Å². The summed E-state index contributed by atoms with van der Waals surface area (Å²) < 4.78 is 33.2. The zero-order valence-corrected chi connectivity index (χ0v) is 58.0. The second-order valence-corrected chi connectivity index (χ2v) is 27.0. The van der Waals surface area contributed by atoms with Gasteiger partial charge in [-0.1, -0.05) is 377 Å². The van der Waals surface area contributed by atoms with E-state index in [1.54, 1.807) is 0 Å². The van der Waals surface area contributed by atoms with E-state index in [9.17, 15) is 19.0 Å². The zero-order valence-electron chi connectivity index (χ0n) is 57.1. The van der Waals surface area contributed by atoms with Crippen LogP contribution in [-0.4, -0.2) is 49.3 Å². The number of ether oxygens (including phenoxy) is 2. The average Bonchev–Trinajstić information content (AvgIpc) is 3.55. The van der Waals surface area contributed by atoms with Gasteiger partial charge in [-0.3, -0.25) is 18.6 Å². The molecule has 0 aromatic heterocycles. The van der Waals surface area contributed by atoms with Crippen molar-refractivity contribution in [2.75, 3.05) is 26.4 Å².